The molecule has 0 aromatic rings. The van der Waals surface area contributed by atoms with E-state index in [1.807, 2.05) is 0 Å². The van der Waals surface area contributed by atoms with Gasteiger partial charge in [-0.05, 0) is 19.4 Å². The number of ether oxygens (including phenoxy) is 1. The second kappa shape index (κ2) is 4.93. The minimum Gasteiger partial charge on any atom is -0.460 e. The molecule has 0 aromatic heterocycles. The number of hydrogen-bond donors (Lipinski definition) is 1. The molecular formula is C9H15NO2. The zero-order chi connectivity index (χ0) is 8.81. The molecule has 68 valence electrons. The third kappa shape index (κ3) is 2.34. The van der Waals surface area contributed by atoms with Gasteiger partial charge in [-0.1, -0.05) is 12.7 Å². The van der Waals surface area contributed by atoms with Crippen molar-refractivity contribution in [1.82, 2.24) is 5.32 Å². The van der Waals surface area contributed by atoms with Crippen LogP contribution in [0.15, 0.2) is 12.7 Å². The van der Waals surface area contributed by atoms with E-state index in [2.05, 4.69) is 11.9 Å². The van der Waals surface area contributed by atoms with Gasteiger partial charge in [0.05, 0.1) is 0 Å². The van der Waals surface area contributed by atoms with Crippen LogP contribution in [0.1, 0.15) is 12.8 Å². The molecule has 0 spiro atoms. The van der Waals surface area contributed by atoms with E-state index in [1.54, 1.807) is 6.08 Å². The van der Waals surface area contributed by atoms with Crippen molar-refractivity contribution in [1.29, 1.82) is 0 Å². The molecule has 0 amide bonds. The van der Waals surface area contributed by atoms with Crippen LogP contribution < -0.4 is 5.32 Å². The van der Waals surface area contributed by atoms with Gasteiger partial charge < -0.3 is 10.1 Å². The number of nitrogens with one attached hydrogen (secondary N) is 1. The molecule has 2 unspecified atom stereocenters. The average Bonchev–Trinajstić information content (AvgIpc) is 2.15. The lowest BCUT2D eigenvalue weighted by Gasteiger charge is -2.27. The van der Waals surface area contributed by atoms with Crippen LogP contribution in [0.5, 0.6) is 0 Å². The molecule has 0 saturated carbocycles. The highest BCUT2D eigenvalue weighted by molar-refractivity contribution is 5.38. The molecule has 1 rings (SSSR count). The number of hydrogen-bond acceptors (Lipinski definition) is 3. The van der Waals surface area contributed by atoms with Gasteiger partial charge in [-0.25, -0.2) is 0 Å². The van der Waals surface area contributed by atoms with Crippen LogP contribution >= 0.6 is 0 Å². The van der Waals surface area contributed by atoms with E-state index in [9.17, 15) is 4.79 Å². The lowest BCUT2D eigenvalue weighted by Crippen LogP contribution is -2.36. The first-order chi connectivity index (χ1) is 5.88. The van der Waals surface area contributed by atoms with Crippen molar-refractivity contribution < 1.29 is 9.53 Å². The van der Waals surface area contributed by atoms with E-state index < -0.39 is 0 Å². The van der Waals surface area contributed by atoms with Crippen LogP contribution in [0.25, 0.3) is 0 Å². The summed E-state index contributed by atoms with van der Waals surface area (Å²) in [5.74, 6) is 0.404. The second-order valence-electron chi connectivity index (χ2n) is 3.04. The van der Waals surface area contributed by atoms with Gasteiger partial charge >= 0.3 is 0 Å². The Bertz CT molecular complexity index is 153. The predicted octanol–water partition coefficient (Wildman–Crippen LogP) is 0.714. The molecule has 2 atom stereocenters. The molecule has 1 saturated heterocycles. The molecule has 1 aliphatic rings. The molecule has 0 aliphatic carbocycles. The van der Waals surface area contributed by atoms with Crippen molar-refractivity contribution in [3.05, 3.63) is 12.7 Å². The molecule has 1 heterocycles. The zero-order valence-electron chi connectivity index (χ0n) is 7.16. The molecule has 3 heteroatoms. The Morgan fingerprint density at radius 2 is 2.50 bits per heavy atom. The van der Waals surface area contributed by atoms with Gasteiger partial charge in [0.2, 0.25) is 0 Å². The molecule has 0 aromatic carbocycles. The summed E-state index contributed by atoms with van der Waals surface area (Å²) in [4.78, 5) is 10.1. The standard InChI is InChI=1S/C9H15NO2/c1-2-9(12-7-11)8-4-3-5-10-6-8/h2,7-10H,1,3-6H2. The van der Waals surface area contributed by atoms with Crippen LogP contribution in [0.2, 0.25) is 0 Å². The Morgan fingerprint density at radius 3 is 3.00 bits per heavy atom. The van der Waals surface area contributed by atoms with Gasteiger partial charge in [0.25, 0.3) is 6.47 Å². The van der Waals surface area contributed by atoms with E-state index in [4.69, 9.17) is 4.74 Å². The maximum atomic E-state index is 10.1. The third-order valence-corrected chi connectivity index (χ3v) is 2.24. The fourth-order valence-corrected chi connectivity index (χ4v) is 1.58. The lowest BCUT2D eigenvalue weighted by molar-refractivity contribution is -0.133. The molecule has 1 fully saturated rings. The van der Waals surface area contributed by atoms with Crippen LogP contribution in [-0.4, -0.2) is 25.7 Å². The van der Waals surface area contributed by atoms with E-state index in [0.29, 0.717) is 12.4 Å². The minimum atomic E-state index is -0.115. The van der Waals surface area contributed by atoms with Gasteiger partial charge in [-0.15, -0.1) is 0 Å². The second-order valence-corrected chi connectivity index (χ2v) is 3.04. The normalized spacial score (nSPS) is 25.8. The summed E-state index contributed by atoms with van der Waals surface area (Å²) in [6, 6.07) is 0. The number of carbonyl (C=O) groups excluding carboxylic acids is 1. The highest BCUT2D eigenvalue weighted by Crippen LogP contribution is 2.17. The van der Waals surface area contributed by atoms with Gasteiger partial charge in [0.15, 0.2) is 0 Å². The van der Waals surface area contributed by atoms with Gasteiger partial charge in [0, 0.05) is 12.5 Å². The number of carbonyl (C=O) groups is 1. The summed E-state index contributed by atoms with van der Waals surface area (Å²) in [5.41, 5.74) is 0. The Morgan fingerprint density at radius 1 is 1.67 bits per heavy atom. The maximum absolute atomic E-state index is 10.1. The number of rotatable bonds is 4. The van der Waals surface area contributed by atoms with Gasteiger partial charge in [0.1, 0.15) is 6.10 Å². The first-order valence-electron chi connectivity index (χ1n) is 4.31. The van der Waals surface area contributed by atoms with Crippen molar-refractivity contribution in [2.75, 3.05) is 13.1 Å². The quantitative estimate of drug-likeness (QED) is 0.497. The average molecular weight is 169 g/mol. The molecule has 0 radical (unpaired) electrons. The molecular weight excluding hydrogens is 154 g/mol. The Hall–Kier alpha value is -0.830. The van der Waals surface area contributed by atoms with E-state index in [0.717, 1.165) is 25.9 Å². The molecule has 12 heavy (non-hydrogen) atoms. The lowest BCUT2D eigenvalue weighted by atomic mass is 9.94. The van der Waals surface area contributed by atoms with Crippen LogP contribution in [0.3, 0.4) is 0 Å². The minimum absolute atomic E-state index is 0.115. The number of piperidine rings is 1. The topological polar surface area (TPSA) is 38.3 Å². The zero-order valence-corrected chi connectivity index (χ0v) is 7.16. The summed E-state index contributed by atoms with van der Waals surface area (Å²) >= 11 is 0. The fraction of sp³-hybridized carbons (Fsp3) is 0.667. The Kier molecular flexibility index (Phi) is 3.80. The van der Waals surface area contributed by atoms with Crippen molar-refractivity contribution in [3.8, 4) is 0 Å². The maximum Gasteiger partial charge on any atom is 0.293 e. The van der Waals surface area contributed by atoms with Crippen molar-refractivity contribution >= 4 is 6.47 Å². The smallest absolute Gasteiger partial charge is 0.293 e. The summed E-state index contributed by atoms with van der Waals surface area (Å²) in [7, 11) is 0. The highest BCUT2D eigenvalue weighted by atomic mass is 16.5. The van der Waals surface area contributed by atoms with Crippen LogP contribution in [0, 0.1) is 5.92 Å². The first kappa shape index (κ1) is 9.26. The highest BCUT2D eigenvalue weighted by Gasteiger charge is 2.21. The fourth-order valence-electron chi connectivity index (χ4n) is 1.58. The predicted molar refractivity (Wildman–Crippen MR) is 46.7 cm³/mol. The molecule has 0 bridgehead atoms. The van der Waals surface area contributed by atoms with Crippen LogP contribution in [-0.2, 0) is 9.53 Å². The first-order valence-corrected chi connectivity index (χ1v) is 4.31. The van der Waals surface area contributed by atoms with Crippen molar-refractivity contribution in [3.63, 3.8) is 0 Å². The monoisotopic (exact) mass is 169 g/mol. The van der Waals surface area contributed by atoms with Gasteiger partial charge in [-0.2, -0.15) is 0 Å². The largest absolute Gasteiger partial charge is 0.460 e. The SMILES string of the molecule is C=CC(OC=O)C1CCCNC1. The molecule has 1 N–H and O–H groups in total. The van der Waals surface area contributed by atoms with Crippen molar-refractivity contribution in [2.24, 2.45) is 5.92 Å². The van der Waals surface area contributed by atoms with Crippen LogP contribution in [0.4, 0.5) is 0 Å². The van der Waals surface area contributed by atoms with Gasteiger partial charge in [-0.3, -0.25) is 4.79 Å². The summed E-state index contributed by atoms with van der Waals surface area (Å²) in [6.45, 7) is 6.14. The molecule has 1 aliphatic heterocycles. The third-order valence-electron chi connectivity index (χ3n) is 2.24. The molecule has 3 nitrogen and oxygen atoms in total. The Labute approximate surface area is 72.8 Å². The van der Waals surface area contributed by atoms with E-state index in [1.165, 1.54) is 0 Å². The summed E-state index contributed by atoms with van der Waals surface area (Å²) in [6.07, 6.45) is 3.84. The van der Waals surface area contributed by atoms with E-state index in [-0.39, 0.29) is 6.10 Å². The van der Waals surface area contributed by atoms with E-state index >= 15 is 0 Å². The summed E-state index contributed by atoms with van der Waals surface area (Å²) in [5, 5.41) is 3.26. The Balaban J connectivity index is 2.39. The van der Waals surface area contributed by atoms with Crippen molar-refractivity contribution in [2.45, 2.75) is 18.9 Å². The summed E-state index contributed by atoms with van der Waals surface area (Å²) < 4.78 is 4.89.